The number of benzene rings is 3. The summed E-state index contributed by atoms with van der Waals surface area (Å²) in [5.74, 6) is -0.796. The molecular formula is C23H17Cl2FN2O5. The molecule has 3 rings (SSSR count). The zero-order chi connectivity index (χ0) is 23.8. The second-order valence-corrected chi connectivity index (χ2v) is 7.30. The minimum atomic E-state index is -0.676. The van der Waals surface area contributed by atoms with Crippen LogP contribution in [-0.2, 0) is 4.79 Å². The van der Waals surface area contributed by atoms with Crippen LogP contribution in [0.1, 0.15) is 15.9 Å². The minimum absolute atomic E-state index is 0.152. The van der Waals surface area contributed by atoms with E-state index >= 15 is 0 Å². The Morgan fingerprint density at radius 3 is 2.48 bits per heavy atom. The zero-order valence-electron chi connectivity index (χ0n) is 17.2. The summed E-state index contributed by atoms with van der Waals surface area (Å²) in [6.07, 6.45) is 1.37. The van der Waals surface area contributed by atoms with Crippen molar-refractivity contribution in [2.75, 3.05) is 13.7 Å². The molecule has 10 heteroatoms. The van der Waals surface area contributed by atoms with Crippen molar-refractivity contribution < 1.29 is 28.2 Å². The van der Waals surface area contributed by atoms with E-state index < -0.39 is 17.7 Å². The molecule has 0 fully saturated rings. The van der Waals surface area contributed by atoms with Crippen molar-refractivity contribution in [3.05, 3.63) is 87.7 Å². The van der Waals surface area contributed by atoms with Crippen LogP contribution in [0.15, 0.2) is 65.8 Å². The lowest BCUT2D eigenvalue weighted by molar-refractivity contribution is -0.123. The summed E-state index contributed by atoms with van der Waals surface area (Å²) in [6.45, 7) is -0.297. The topological polar surface area (TPSA) is 86.2 Å². The van der Waals surface area contributed by atoms with Crippen LogP contribution in [0.5, 0.6) is 17.2 Å². The van der Waals surface area contributed by atoms with Gasteiger partial charge in [0, 0.05) is 5.02 Å². The molecule has 1 amide bonds. The Hall–Kier alpha value is -3.62. The SMILES string of the molecule is COc1cc(/C=N\NC(=O)COc2ccc(F)cc2)ccc1OC(=O)c1ccc(Cl)cc1Cl. The third-order valence-corrected chi connectivity index (χ3v) is 4.68. The minimum Gasteiger partial charge on any atom is -0.493 e. The van der Waals surface area contributed by atoms with E-state index in [1.165, 1.54) is 61.9 Å². The number of rotatable bonds is 8. The highest BCUT2D eigenvalue weighted by atomic mass is 35.5. The van der Waals surface area contributed by atoms with Crippen LogP contribution < -0.4 is 19.6 Å². The predicted octanol–water partition coefficient (Wildman–Crippen LogP) is 4.89. The lowest BCUT2D eigenvalue weighted by Crippen LogP contribution is -2.24. The van der Waals surface area contributed by atoms with E-state index in [2.05, 4.69) is 10.5 Å². The molecular weight excluding hydrogens is 474 g/mol. The average Bonchev–Trinajstić information content (AvgIpc) is 2.79. The van der Waals surface area contributed by atoms with E-state index in [0.717, 1.165) is 0 Å². The summed E-state index contributed by atoms with van der Waals surface area (Å²) in [5, 5.41) is 4.40. The van der Waals surface area contributed by atoms with Crippen molar-refractivity contribution in [3.63, 3.8) is 0 Å². The maximum Gasteiger partial charge on any atom is 0.345 e. The van der Waals surface area contributed by atoms with Crippen LogP contribution in [0.4, 0.5) is 4.39 Å². The smallest absolute Gasteiger partial charge is 0.345 e. The van der Waals surface area contributed by atoms with E-state index in [1.807, 2.05) is 0 Å². The zero-order valence-corrected chi connectivity index (χ0v) is 18.7. The third kappa shape index (κ3) is 6.93. The standard InChI is InChI=1S/C23H17Cl2FN2O5/c1-31-21-10-14(12-27-28-22(29)13-32-17-6-4-16(26)5-7-17)2-9-20(21)33-23(30)18-8-3-15(24)11-19(18)25/h2-12H,13H2,1H3,(H,28,29)/b27-12-. The number of methoxy groups -OCH3 is 1. The Morgan fingerprint density at radius 1 is 1.03 bits per heavy atom. The molecule has 3 aromatic rings. The van der Waals surface area contributed by atoms with Gasteiger partial charge in [-0.25, -0.2) is 14.6 Å². The van der Waals surface area contributed by atoms with E-state index in [9.17, 15) is 14.0 Å². The first-order valence-electron chi connectivity index (χ1n) is 9.41. The highest BCUT2D eigenvalue weighted by Gasteiger charge is 2.16. The first kappa shape index (κ1) is 24.0. The van der Waals surface area contributed by atoms with Crippen LogP contribution in [0.25, 0.3) is 0 Å². The van der Waals surface area contributed by atoms with Gasteiger partial charge in [0.2, 0.25) is 0 Å². The molecule has 1 N–H and O–H groups in total. The molecule has 0 saturated heterocycles. The molecule has 0 aliphatic rings. The normalized spacial score (nSPS) is 10.7. The monoisotopic (exact) mass is 490 g/mol. The van der Waals surface area contributed by atoms with Crippen LogP contribution >= 0.6 is 23.2 Å². The molecule has 0 bridgehead atoms. The summed E-state index contributed by atoms with van der Waals surface area (Å²) in [5.41, 5.74) is 3.03. The molecule has 0 atom stereocenters. The quantitative estimate of drug-likeness (QED) is 0.210. The maximum atomic E-state index is 12.9. The highest BCUT2D eigenvalue weighted by molar-refractivity contribution is 6.36. The van der Waals surface area contributed by atoms with Gasteiger partial charge in [0.25, 0.3) is 5.91 Å². The molecule has 0 unspecified atom stereocenters. The molecule has 33 heavy (non-hydrogen) atoms. The number of hydrazone groups is 1. The average molecular weight is 491 g/mol. The van der Waals surface area contributed by atoms with Crippen molar-refractivity contribution in [1.29, 1.82) is 0 Å². The number of nitrogens with zero attached hydrogens (tertiary/aromatic N) is 1. The lowest BCUT2D eigenvalue weighted by atomic mass is 10.2. The van der Waals surface area contributed by atoms with Gasteiger partial charge in [-0.15, -0.1) is 0 Å². The third-order valence-electron chi connectivity index (χ3n) is 4.13. The number of hydrogen-bond donors (Lipinski definition) is 1. The van der Waals surface area contributed by atoms with Gasteiger partial charge in [-0.2, -0.15) is 5.10 Å². The molecule has 0 aliphatic heterocycles. The largest absolute Gasteiger partial charge is 0.493 e. The Balaban J connectivity index is 1.58. The summed E-state index contributed by atoms with van der Waals surface area (Å²) in [7, 11) is 1.41. The Labute approximate surface area is 198 Å². The number of carbonyl (C=O) groups is 2. The predicted molar refractivity (Wildman–Crippen MR) is 122 cm³/mol. The fourth-order valence-electron chi connectivity index (χ4n) is 2.55. The molecule has 0 aliphatic carbocycles. The maximum absolute atomic E-state index is 12.9. The summed E-state index contributed by atoms with van der Waals surface area (Å²) < 4.78 is 28.7. The van der Waals surface area contributed by atoms with Crippen molar-refractivity contribution in [3.8, 4) is 17.2 Å². The van der Waals surface area contributed by atoms with Crippen LogP contribution in [0, 0.1) is 5.82 Å². The number of amides is 1. The molecule has 3 aromatic carbocycles. The van der Waals surface area contributed by atoms with Crippen molar-refractivity contribution >= 4 is 41.3 Å². The lowest BCUT2D eigenvalue weighted by Gasteiger charge is -2.10. The fourth-order valence-corrected chi connectivity index (χ4v) is 3.04. The summed E-state index contributed by atoms with van der Waals surface area (Å²) in [4.78, 5) is 24.2. The van der Waals surface area contributed by atoms with Gasteiger partial charge in [0.15, 0.2) is 18.1 Å². The fraction of sp³-hybridized carbons (Fsp3) is 0.0870. The van der Waals surface area contributed by atoms with Gasteiger partial charge in [-0.05, 0) is 66.2 Å². The molecule has 0 heterocycles. The van der Waals surface area contributed by atoms with Gasteiger partial charge in [-0.3, -0.25) is 4.79 Å². The molecule has 0 aromatic heterocycles. The van der Waals surface area contributed by atoms with Crippen molar-refractivity contribution in [2.45, 2.75) is 0 Å². The Bertz CT molecular complexity index is 1190. The molecule has 0 radical (unpaired) electrons. The second-order valence-electron chi connectivity index (χ2n) is 6.46. The van der Waals surface area contributed by atoms with E-state index in [0.29, 0.717) is 16.3 Å². The van der Waals surface area contributed by atoms with Crippen molar-refractivity contribution in [1.82, 2.24) is 5.43 Å². The first-order chi connectivity index (χ1) is 15.9. The molecule has 170 valence electrons. The van der Waals surface area contributed by atoms with Crippen molar-refractivity contribution in [2.24, 2.45) is 5.10 Å². The molecule has 0 saturated carbocycles. The van der Waals surface area contributed by atoms with E-state index in [-0.39, 0.29) is 28.7 Å². The van der Waals surface area contributed by atoms with E-state index in [1.54, 1.807) is 12.1 Å². The second kappa shape index (κ2) is 11.3. The van der Waals surface area contributed by atoms with Gasteiger partial charge in [0.1, 0.15) is 11.6 Å². The number of hydrogen-bond acceptors (Lipinski definition) is 6. The van der Waals surface area contributed by atoms with Crippen LogP contribution in [0.2, 0.25) is 10.0 Å². The van der Waals surface area contributed by atoms with Gasteiger partial charge < -0.3 is 14.2 Å². The number of esters is 1. The number of nitrogens with one attached hydrogen (secondary N) is 1. The summed E-state index contributed by atoms with van der Waals surface area (Å²) >= 11 is 11.9. The van der Waals surface area contributed by atoms with Crippen LogP contribution in [-0.4, -0.2) is 31.8 Å². The first-order valence-corrected chi connectivity index (χ1v) is 10.2. The van der Waals surface area contributed by atoms with Gasteiger partial charge >= 0.3 is 5.97 Å². The number of ether oxygens (including phenoxy) is 3. The highest BCUT2D eigenvalue weighted by Crippen LogP contribution is 2.30. The van der Waals surface area contributed by atoms with Gasteiger partial charge in [0.05, 0.1) is 23.9 Å². The Morgan fingerprint density at radius 2 is 1.79 bits per heavy atom. The number of carbonyl (C=O) groups excluding carboxylic acids is 2. The van der Waals surface area contributed by atoms with E-state index in [4.69, 9.17) is 37.4 Å². The number of halogens is 3. The summed E-state index contributed by atoms with van der Waals surface area (Å²) in [6, 6.07) is 14.4. The molecule has 0 spiro atoms. The van der Waals surface area contributed by atoms with Gasteiger partial charge in [-0.1, -0.05) is 23.2 Å². The Kier molecular flexibility index (Phi) is 8.23. The van der Waals surface area contributed by atoms with Crippen LogP contribution in [0.3, 0.4) is 0 Å². The molecule has 7 nitrogen and oxygen atoms in total.